The highest BCUT2D eigenvalue weighted by molar-refractivity contribution is 7.92. The van der Waals surface area contributed by atoms with E-state index in [1.165, 1.54) is 47.5 Å². The summed E-state index contributed by atoms with van der Waals surface area (Å²) in [6.45, 7) is 16.6. The zero-order valence-corrected chi connectivity index (χ0v) is 27.9. The van der Waals surface area contributed by atoms with Crippen LogP contribution in [0.2, 0.25) is 0 Å². The lowest BCUT2D eigenvalue weighted by Crippen LogP contribution is -2.62. The van der Waals surface area contributed by atoms with E-state index in [0.717, 1.165) is 6.26 Å². The highest BCUT2D eigenvalue weighted by Gasteiger charge is 2.46. The van der Waals surface area contributed by atoms with Crippen molar-refractivity contribution >= 4 is 65.2 Å². The van der Waals surface area contributed by atoms with E-state index in [4.69, 9.17) is 6.57 Å². The molecule has 46 heavy (non-hydrogen) atoms. The maximum Gasteiger partial charge on any atom is 0.239 e. The first-order chi connectivity index (χ1) is 21.3. The van der Waals surface area contributed by atoms with Crippen molar-refractivity contribution in [2.24, 2.45) is 10.2 Å². The molecule has 0 atom stereocenters. The second-order valence-corrected chi connectivity index (χ2v) is 15.9. The highest BCUT2D eigenvalue weighted by Crippen LogP contribution is 2.44. The van der Waals surface area contributed by atoms with Crippen molar-refractivity contribution in [3.05, 3.63) is 53.9 Å². The molecule has 0 aliphatic carbocycles. The molecule has 1 heterocycles. The smallest absolute Gasteiger partial charge is 0.239 e. The number of benzene rings is 3. The van der Waals surface area contributed by atoms with Crippen molar-refractivity contribution in [2.45, 2.75) is 75.9 Å². The zero-order valence-electron chi connectivity index (χ0n) is 26.3. The Balaban J connectivity index is 1.74. The Kier molecular flexibility index (Phi) is 9.49. The Bertz CT molecular complexity index is 1970. The number of anilines is 2. The molecule has 246 valence electrons. The van der Waals surface area contributed by atoms with Crippen LogP contribution < -0.4 is 14.8 Å². The van der Waals surface area contributed by atoms with Crippen LogP contribution in [-0.4, -0.2) is 61.5 Å². The average molecular weight is 672 g/mol. The van der Waals surface area contributed by atoms with Crippen molar-refractivity contribution < 1.29 is 31.9 Å². The number of fused-ring (bicyclic) bond motifs is 1. The number of hydroxylamine groups is 2. The number of nitrogens with one attached hydrogen (secondary N) is 3. The number of hydrogen-bond acceptors (Lipinski definition) is 10. The molecule has 1 aliphatic rings. The van der Waals surface area contributed by atoms with Gasteiger partial charge in [0.2, 0.25) is 31.6 Å². The summed E-state index contributed by atoms with van der Waals surface area (Å²) in [6, 6.07) is 9.14. The largest absolute Gasteiger partial charge is 0.505 e. The van der Waals surface area contributed by atoms with Gasteiger partial charge in [-0.25, -0.2) is 26.4 Å². The molecule has 0 saturated carbocycles. The van der Waals surface area contributed by atoms with E-state index >= 15 is 0 Å². The molecule has 3 aromatic carbocycles. The highest BCUT2D eigenvalue weighted by atomic mass is 32.2. The summed E-state index contributed by atoms with van der Waals surface area (Å²) in [6.07, 6.45) is 1.79. The third-order valence-electron chi connectivity index (χ3n) is 7.61. The molecular formula is C30H37N7O7S2. The summed E-state index contributed by atoms with van der Waals surface area (Å²) >= 11 is 0. The Morgan fingerprint density at radius 1 is 1.02 bits per heavy atom. The lowest BCUT2D eigenvalue weighted by molar-refractivity contribution is -0.245. The van der Waals surface area contributed by atoms with Gasteiger partial charge in [-0.3, -0.25) is 9.52 Å². The zero-order chi connectivity index (χ0) is 34.2. The summed E-state index contributed by atoms with van der Waals surface area (Å²) in [5.74, 6) is -0.703. The topological polar surface area (TPSA) is 194 Å². The van der Waals surface area contributed by atoms with Crippen molar-refractivity contribution in [2.75, 3.05) is 16.3 Å². The number of nitrogens with zero attached hydrogens (tertiary/aromatic N) is 4. The maximum atomic E-state index is 13.4. The van der Waals surface area contributed by atoms with Gasteiger partial charge in [-0.1, -0.05) is 19.1 Å². The molecule has 1 amide bonds. The number of azo groups is 1. The van der Waals surface area contributed by atoms with Crippen LogP contribution in [0.5, 0.6) is 5.75 Å². The minimum atomic E-state index is -4.07. The minimum absolute atomic E-state index is 0.0149. The van der Waals surface area contributed by atoms with E-state index in [1.807, 2.05) is 27.7 Å². The summed E-state index contributed by atoms with van der Waals surface area (Å²) in [7, 11) is -7.81. The molecule has 4 rings (SSSR count). The van der Waals surface area contributed by atoms with Gasteiger partial charge in [-0.15, -0.1) is 0 Å². The maximum absolute atomic E-state index is 13.4. The molecule has 14 nitrogen and oxygen atoms in total. The third-order valence-corrected chi connectivity index (χ3v) is 9.71. The van der Waals surface area contributed by atoms with Gasteiger partial charge in [0.25, 0.3) is 0 Å². The number of sulfonamides is 2. The number of hydrogen-bond donors (Lipinski definition) is 5. The molecule has 3 aromatic rings. The van der Waals surface area contributed by atoms with Crippen LogP contribution in [0.25, 0.3) is 15.6 Å². The molecule has 0 unspecified atom stereocenters. The molecule has 0 radical (unpaired) electrons. The third kappa shape index (κ3) is 7.45. The van der Waals surface area contributed by atoms with Crippen LogP contribution in [-0.2, 0) is 24.8 Å². The number of rotatable bonds is 9. The molecule has 1 saturated heterocycles. The van der Waals surface area contributed by atoms with Crippen LogP contribution in [0, 0.1) is 6.57 Å². The predicted molar refractivity (Wildman–Crippen MR) is 175 cm³/mol. The van der Waals surface area contributed by atoms with Gasteiger partial charge < -0.3 is 15.6 Å². The molecule has 5 N–H and O–H groups in total. The number of amides is 1. The van der Waals surface area contributed by atoms with E-state index in [2.05, 4.69) is 29.8 Å². The predicted octanol–water partition coefficient (Wildman–Crippen LogP) is 5.92. The molecule has 16 heteroatoms. The molecular weight excluding hydrogens is 635 g/mol. The Labute approximate surface area is 268 Å². The second kappa shape index (κ2) is 12.6. The average Bonchev–Trinajstić information content (AvgIpc) is 2.95. The summed E-state index contributed by atoms with van der Waals surface area (Å²) in [4.78, 5) is 15.4. The van der Waals surface area contributed by atoms with Gasteiger partial charge in [0.15, 0.2) is 0 Å². The van der Waals surface area contributed by atoms with E-state index < -0.39 is 43.1 Å². The Morgan fingerprint density at radius 2 is 1.65 bits per heavy atom. The first-order valence-electron chi connectivity index (χ1n) is 14.3. The molecule has 1 fully saturated rings. The first-order valence-corrected chi connectivity index (χ1v) is 17.7. The quantitative estimate of drug-likeness (QED) is 0.105. The van der Waals surface area contributed by atoms with Crippen molar-refractivity contribution in [1.82, 2.24) is 9.79 Å². The van der Waals surface area contributed by atoms with E-state index in [9.17, 15) is 31.9 Å². The number of carbonyl (C=O) groups is 1. The standard InChI is InChI=1S/C30H37N7O7S2/c1-8-26(38)32-25-15-24(27-20(28(25)39)10-9-11-22(27)36-45(7,41)42)34-33-21-13-12-19(14-23(21)31-6)46(43,44)35-18-16-29(2,3)37(40)30(4,5)17-18/h9-15,18,35-36,39-40H,8,16-17H2,1-5,7H3,(H,32,38). The van der Waals surface area contributed by atoms with Crippen molar-refractivity contribution in [1.29, 1.82) is 0 Å². The fourth-order valence-corrected chi connectivity index (χ4v) is 7.56. The fraction of sp³-hybridized carbons (Fsp3) is 0.400. The van der Waals surface area contributed by atoms with Gasteiger partial charge in [-0.2, -0.15) is 15.3 Å². The first kappa shape index (κ1) is 34.7. The second-order valence-electron chi connectivity index (χ2n) is 12.4. The SMILES string of the molecule is [C-]#[N+]c1cc(S(=O)(=O)NC2CC(C)(C)N(O)C(C)(C)C2)ccc1N=Nc1cc(NC(=O)CC)c(O)c2cccc(NS(C)(=O)=O)c12. The number of carbonyl (C=O) groups excluding carboxylic acids is 1. The number of phenolic OH excluding ortho intramolecular Hbond substituents is 1. The van der Waals surface area contributed by atoms with Crippen LogP contribution >= 0.6 is 0 Å². The van der Waals surface area contributed by atoms with Crippen LogP contribution in [0.15, 0.2) is 57.6 Å². The lowest BCUT2D eigenvalue weighted by atomic mass is 9.79. The van der Waals surface area contributed by atoms with E-state index in [1.54, 1.807) is 6.92 Å². The number of aromatic hydroxyl groups is 1. The summed E-state index contributed by atoms with van der Waals surface area (Å²) in [5.41, 5.74) is -1.30. The Morgan fingerprint density at radius 3 is 2.24 bits per heavy atom. The fourth-order valence-electron chi connectivity index (χ4n) is 5.74. The van der Waals surface area contributed by atoms with Crippen molar-refractivity contribution in [3.8, 4) is 5.75 Å². The van der Waals surface area contributed by atoms with Gasteiger partial charge in [-0.05, 0) is 70.9 Å². The van der Waals surface area contributed by atoms with Crippen LogP contribution in [0.1, 0.15) is 53.9 Å². The van der Waals surface area contributed by atoms with Crippen LogP contribution in [0.3, 0.4) is 0 Å². The minimum Gasteiger partial charge on any atom is -0.505 e. The van der Waals surface area contributed by atoms with Gasteiger partial charge in [0.05, 0.1) is 40.5 Å². The van der Waals surface area contributed by atoms with Crippen LogP contribution in [0.4, 0.5) is 28.4 Å². The number of phenols is 1. The summed E-state index contributed by atoms with van der Waals surface area (Å²) in [5, 5.41) is 34.1. The molecule has 0 aromatic heterocycles. The normalized spacial score (nSPS) is 17.2. The summed E-state index contributed by atoms with van der Waals surface area (Å²) < 4.78 is 56.0. The van der Waals surface area contributed by atoms with E-state index in [0.29, 0.717) is 12.8 Å². The van der Waals surface area contributed by atoms with E-state index in [-0.39, 0.29) is 56.3 Å². The van der Waals surface area contributed by atoms with Gasteiger partial charge >= 0.3 is 0 Å². The number of piperidine rings is 1. The van der Waals surface area contributed by atoms with Gasteiger partial charge in [0.1, 0.15) is 5.75 Å². The Hall–Kier alpha value is -4.14. The lowest BCUT2D eigenvalue weighted by Gasteiger charge is -2.51. The van der Waals surface area contributed by atoms with Gasteiger partial charge in [0, 0.05) is 34.3 Å². The molecule has 0 spiro atoms. The monoisotopic (exact) mass is 671 g/mol. The molecule has 0 bridgehead atoms. The molecule has 1 aliphatic heterocycles. The van der Waals surface area contributed by atoms with Crippen molar-refractivity contribution in [3.63, 3.8) is 0 Å².